The van der Waals surface area contributed by atoms with Gasteiger partial charge in [-0.3, -0.25) is 0 Å². The first kappa shape index (κ1) is 12.2. The third kappa shape index (κ3) is 2.23. The molecule has 2 rings (SSSR count). The maximum Gasteiger partial charge on any atom is 0.124 e. The van der Waals surface area contributed by atoms with Gasteiger partial charge in [-0.2, -0.15) is 0 Å². The number of halogens is 1. The third-order valence-corrected chi connectivity index (χ3v) is 3.27. The van der Waals surface area contributed by atoms with E-state index in [0.29, 0.717) is 6.54 Å². The summed E-state index contributed by atoms with van der Waals surface area (Å²) in [5, 5.41) is 0. The lowest BCUT2D eigenvalue weighted by Crippen LogP contribution is -2.02. The zero-order chi connectivity index (χ0) is 12.4. The van der Waals surface area contributed by atoms with Crippen LogP contribution in [0, 0.1) is 12.3 Å². The van der Waals surface area contributed by atoms with Crippen LogP contribution in [0.3, 0.4) is 0 Å². The fraction of sp³-hybridized carbons (Fsp3) is 0.357. The van der Waals surface area contributed by atoms with E-state index in [2.05, 4.69) is 63.4 Å². The highest BCUT2D eigenvalue weighted by atomic mass is 79.9. The molecule has 2 aromatic rings. The predicted octanol–water partition coefficient (Wildman–Crippen LogP) is 3.69. The van der Waals surface area contributed by atoms with Gasteiger partial charge in [0, 0.05) is 0 Å². The molecule has 0 bridgehead atoms. The molecule has 3 heteroatoms. The molecule has 2 nitrogen and oxygen atoms in total. The second kappa shape index (κ2) is 4.93. The van der Waals surface area contributed by atoms with Crippen LogP contribution in [0.4, 0.5) is 0 Å². The highest BCUT2D eigenvalue weighted by Crippen LogP contribution is 2.26. The van der Waals surface area contributed by atoms with Gasteiger partial charge >= 0.3 is 0 Å². The predicted molar refractivity (Wildman–Crippen MR) is 75.3 cm³/mol. The Labute approximate surface area is 110 Å². The lowest BCUT2D eigenvalue weighted by Gasteiger charge is -2.06. The molecule has 1 atom stereocenters. The van der Waals surface area contributed by atoms with Gasteiger partial charge in [-0.1, -0.05) is 34.8 Å². The van der Waals surface area contributed by atoms with Crippen molar-refractivity contribution in [3.63, 3.8) is 0 Å². The zero-order valence-electron chi connectivity index (χ0n) is 10.1. The van der Waals surface area contributed by atoms with Crippen molar-refractivity contribution in [2.24, 2.45) is 0 Å². The van der Waals surface area contributed by atoms with Crippen LogP contribution >= 0.6 is 15.9 Å². The molecule has 0 spiro atoms. The van der Waals surface area contributed by atoms with Crippen molar-refractivity contribution in [2.75, 3.05) is 0 Å². The Morgan fingerprint density at radius 1 is 1.53 bits per heavy atom. The minimum atomic E-state index is 0.202. The molecule has 0 saturated heterocycles. The SMILES string of the molecule is C#CCn1c(C(C)Br)nc2cc(CC)ccc21. The molecular formula is C14H15BrN2. The number of imidazole rings is 1. The number of fused-ring (bicyclic) bond motifs is 1. The molecule has 1 aromatic heterocycles. The number of alkyl halides is 1. The van der Waals surface area contributed by atoms with Crippen LogP contribution < -0.4 is 0 Å². The second-order valence-electron chi connectivity index (χ2n) is 4.05. The summed E-state index contributed by atoms with van der Waals surface area (Å²) in [4.78, 5) is 4.86. The van der Waals surface area contributed by atoms with Crippen LogP contribution in [-0.4, -0.2) is 9.55 Å². The Morgan fingerprint density at radius 3 is 2.88 bits per heavy atom. The van der Waals surface area contributed by atoms with Crippen molar-refractivity contribution >= 4 is 27.0 Å². The van der Waals surface area contributed by atoms with Crippen molar-refractivity contribution in [1.82, 2.24) is 9.55 Å². The number of nitrogens with zero attached hydrogens (tertiary/aromatic N) is 2. The molecular weight excluding hydrogens is 276 g/mol. The topological polar surface area (TPSA) is 17.8 Å². The third-order valence-electron chi connectivity index (χ3n) is 2.86. The van der Waals surface area contributed by atoms with Gasteiger partial charge in [0.2, 0.25) is 0 Å². The van der Waals surface area contributed by atoms with Gasteiger partial charge < -0.3 is 4.57 Å². The number of hydrogen-bond acceptors (Lipinski definition) is 1. The molecule has 1 aromatic carbocycles. The van der Waals surface area contributed by atoms with E-state index < -0.39 is 0 Å². The van der Waals surface area contributed by atoms with Gasteiger partial charge in [-0.25, -0.2) is 4.98 Å². The van der Waals surface area contributed by atoms with Gasteiger partial charge in [0.05, 0.1) is 22.4 Å². The van der Waals surface area contributed by atoms with E-state index >= 15 is 0 Å². The first-order valence-electron chi connectivity index (χ1n) is 5.74. The maximum absolute atomic E-state index is 5.42. The minimum absolute atomic E-state index is 0.202. The molecule has 17 heavy (non-hydrogen) atoms. The summed E-state index contributed by atoms with van der Waals surface area (Å²) < 4.78 is 2.09. The number of aryl methyl sites for hydroxylation is 1. The largest absolute Gasteiger partial charge is 0.315 e. The van der Waals surface area contributed by atoms with Gasteiger partial charge in [-0.05, 0) is 31.0 Å². The fourth-order valence-corrected chi connectivity index (χ4v) is 2.32. The first-order chi connectivity index (χ1) is 8.17. The normalized spacial score (nSPS) is 12.6. The summed E-state index contributed by atoms with van der Waals surface area (Å²) in [6.45, 7) is 4.77. The number of rotatable bonds is 3. The Bertz CT molecular complexity index is 576. The first-order valence-corrected chi connectivity index (χ1v) is 6.65. The van der Waals surface area contributed by atoms with E-state index in [1.54, 1.807) is 0 Å². The quantitative estimate of drug-likeness (QED) is 0.623. The van der Waals surface area contributed by atoms with Gasteiger partial charge in [-0.15, -0.1) is 6.42 Å². The fourth-order valence-electron chi connectivity index (χ4n) is 1.98. The minimum Gasteiger partial charge on any atom is -0.315 e. The Kier molecular flexibility index (Phi) is 3.54. The van der Waals surface area contributed by atoms with Crippen LogP contribution in [-0.2, 0) is 13.0 Å². The standard InChI is InChI=1S/C14H15BrN2/c1-4-8-17-13-7-6-11(5-2)9-12(13)16-14(17)10(3)15/h1,6-7,9-10H,5,8H2,2-3H3. The van der Waals surface area contributed by atoms with Crippen LogP contribution in [0.1, 0.15) is 30.1 Å². The second-order valence-corrected chi connectivity index (χ2v) is 5.43. The average molecular weight is 291 g/mol. The molecule has 0 amide bonds. The molecule has 88 valence electrons. The average Bonchev–Trinajstić information content (AvgIpc) is 2.68. The highest BCUT2D eigenvalue weighted by Gasteiger charge is 2.13. The summed E-state index contributed by atoms with van der Waals surface area (Å²) in [6.07, 6.45) is 6.45. The molecule has 1 heterocycles. The monoisotopic (exact) mass is 290 g/mol. The highest BCUT2D eigenvalue weighted by molar-refractivity contribution is 9.09. The molecule has 0 radical (unpaired) electrons. The summed E-state index contributed by atoms with van der Waals surface area (Å²) in [6, 6.07) is 6.39. The van der Waals surface area contributed by atoms with E-state index in [-0.39, 0.29) is 4.83 Å². The lowest BCUT2D eigenvalue weighted by molar-refractivity contribution is 0.779. The van der Waals surface area contributed by atoms with Gasteiger partial charge in [0.25, 0.3) is 0 Å². The Hall–Kier alpha value is -1.27. The van der Waals surface area contributed by atoms with E-state index in [4.69, 9.17) is 6.42 Å². The summed E-state index contributed by atoms with van der Waals surface area (Å²) >= 11 is 3.57. The summed E-state index contributed by atoms with van der Waals surface area (Å²) in [7, 11) is 0. The number of terminal acetylenes is 1. The molecule has 0 aliphatic heterocycles. The van der Waals surface area contributed by atoms with Crippen molar-refractivity contribution in [1.29, 1.82) is 0 Å². The van der Waals surface area contributed by atoms with Gasteiger partial charge in [0.15, 0.2) is 0 Å². The molecule has 0 N–H and O–H groups in total. The van der Waals surface area contributed by atoms with Crippen LogP contribution in [0.25, 0.3) is 11.0 Å². The molecule has 0 aliphatic carbocycles. The Morgan fingerprint density at radius 2 is 2.29 bits per heavy atom. The van der Waals surface area contributed by atoms with Crippen LogP contribution in [0.15, 0.2) is 18.2 Å². The smallest absolute Gasteiger partial charge is 0.124 e. The lowest BCUT2D eigenvalue weighted by atomic mass is 10.1. The number of hydrogen-bond donors (Lipinski definition) is 0. The summed E-state index contributed by atoms with van der Waals surface area (Å²) in [5.41, 5.74) is 3.44. The van der Waals surface area contributed by atoms with E-state index in [1.165, 1.54) is 5.56 Å². The number of aromatic nitrogens is 2. The molecule has 0 fully saturated rings. The van der Waals surface area contributed by atoms with Crippen molar-refractivity contribution in [3.05, 3.63) is 29.6 Å². The molecule has 0 saturated carbocycles. The van der Waals surface area contributed by atoms with Crippen LogP contribution in [0.2, 0.25) is 0 Å². The Balaban J connectivity index is 2.66. The number of benzene rings is 1. The zero-order valence-corrected chi connectivity index (χ0v) is 11.7. The molecule has 1 unspecified atom stereocenters. The summed E-state index contributed by atoms with van der Waals surface area (Å²) in [5.74, 6) is 3.68. The van der Waals surface area contributed by atoms with Crippen molar-refractivity contribution < 1.29 is 0 Å². The molecule has 0 aliphatic rings. The van der Waals surface area contributed by atoms with E-state index in [9.17, 15) is 0 Å². The van der Waals surface area contributed by atoms with Crippen molar-refractivity contribution in [2.45, 2.75) is 31.6 Å². The van der Waals surface area contributed by atoms with Crippen molar-refractivity contribution in [3.8, 4) is 12.3 Å². The van der Waals surface area contributed by atoms with E-state index in [1.807, 2.05) is 0 Å². The maximum atomic E-state index is 5.42. The van der Waals surface area contributed by atoms with Crippen LogP contribution in [0.5, 0.6) is 0 Å². The van der Waals surface area contributed by atoms with Gasteiger partial charge in [0.1, 0.15) is 5.82 Å². The van der Waals surface area contributed by atoms with E-state index in [0.717, 1.165) is 23.3 Å².